The predicted molar refractivity (Wildman–Crippen MR) is 115 cm³/mol. The molecule has 5 rings (SSSR count). The number of aryl methyl sites for hydroxylation is 1. The topological polar surface area (TPSA) is 99.2 Å². The third kappa shape index (κ3) is 4.04. The van der Waals surface area contributed by atoms with Gasteiger partial charge in [-0.05, 0) is 55.2 Å². The Hall–Kier alpha value is -3.59. The lowest BCUT2D eigenvalue weighted by Gasteiger charge is -2.21. The second-order valence-corrected chi connectivity index (χ2v) is 7.73. The zero-order valence-electron chi connectivity index (χ0n) is 17.2. The molecule has 3 aromatic heterocycles. The Labute approximate surface area is 179 Å². The molecule has 4 aromatic rings. The average molecular weight is 417 g/mol. The number of nitrogens with one attached hydrogen (secondary N) is 1. The van der Waals surface area contributed by atoms with E-state index in [1.165, 1.54) is 6.42 Å². The number of amides is 1. The van der Waals surface area contributed by atoms with E-state index in [1.54, 1.807) is 15.5 Å². The van der Waals surface area contributed by atoms with Gasteiger partial charge in [-0.2, -0.15) is 9.90 Å². The number of ether oxygens (including phenoxy) is 1. The number of aromatic nitrogens is 6. The predicted octanol–water partition coefficient (Wildman–Crippen LogP) is 3.12. The zero-order chi connectivity index (χ0) is 21.2. The first kappa shape index (κ1) is 19.4. The molecule has 1 aromatic carbocycles. The number of rotatable bonds is 5. The van der Waals surface area contributed by atoms with Gasteiger partial charge in [0.2, 0.25) is 5.82 Å². The lowest BCUT2D eigenvalue weighted by atomic mass is 10.1. The molecular weight excluding hydrogens is 394 g/mol. The van der Waals surface area contributed by atoms with Gasteiger partial charge < -0.3 is 10.1 Å². The van der Waals surface area contributed by atoms with Crippen molar-refractivity contribution >= 4 is 17.1 Å². The third-order valence-corrected chi connectivity index (χ3v) is 5.51. The maximum Gasteiger partial charge on any atom is 0.259 e. The first-order valence-electron chi connectivity index (χ1n) is 10.4. The first-order valence-corrected chi connectivity index (χ1v) is 10.4. The van der Waals surface area contributed by atoms with Crippen LogP contribution in [0.5, 0.6) is 0 Å². The third-order valence-electron chi connectivity index (χ3n) is 5.51. The summed E-state index contributed by atoms with van der Waals surface area (Å²) in [7, 11) is 0. The van der Waals surface area contributed by atoms with E-state index < -0.39 is 0 Å². The first-order chi connectivity index (χ1) is 15.2. The molecule has 1 atom stereocenters. The fraction of sp³-hybridized carbons (Fsp3) is 0.318. The monoisotopic (exact) mass is 417 g/mol. The van der Waals surface area contributed by atoms with Crippen LogP contribution in [0.15, 0.2) is 48.8 Å². The van der Waals surface area contributed by atoms with E-state index in [-0.39, 0.29) is 12.0 Å². The summed E-state index contributed by atoms with van der Waals surface area (Å²) >= 11 is 0. The molecule has 31 heavy (non-hydrogen) atoms. The van der Waals surface area contributed by atoms with Gasteiger partial charge in [0.25, 0.3) is 5.91 Å². The van der Waals surface area contributed by atoms with Gasteiger partial charge in [0.15, 0.2) is 0 Å². The number of benzene rings is 1. The van der Waals surface area contributed by atoms with Crippen LogP contribution >= 0.6 is 0 Å². The fourth-order valence-electron chi connectivity index (χ4n) is 3.76. The number of pyridine rings is 1. The largest absolute Gasteiger partial charge is 0.376 e. The van der Waals surface area contributed by atoms with Crippen molar-refractivity contribution in [2.45, 2.75) is 38.8 Å². The molecule has 9 heteroatoms. The molecule has 158 valence electrons. The molecule has 0 aliphatic carbocycles. The van der Waals surface area contributed by atoms with Crippen LogP contribution in [0.3, 0.4) is 0 Å². The molecule has 1 N–H and O–H groups in total. The Kier molecular flexibility index (Phi) is 5.17. The Morgan fingerprint density at radius 3 is 3.06 bits per heavy atom. The van der Waals surface area contributed by atoms with Gasteiger partial charge in [-0.15, -0.1) is 10.2 Å². The van der Waals surface area contributed by atoms with Crippen LogP contribution in [-0.4, -0.2) is 48.4 Å². The normalized spacial score (nSPS) is 16.5. The van der Waals surface area contributed by atoms with Gasteiger partial charge in [0.05, 0.1) is 29.9 Å². The van der Waals surface area contributed by atoms with Crippen LogP contribution in [-0.2, 0) is 11.3 Å². The van der Waals surface area contributed by atoms with Crippen molar-refractivity contribution in [1.29, 1.82) is 0 Å². The SMILES string of the molecule is Cc1ccc(-c2nnn(C[C@H]3CCCCO3)n2)cc1NC(=O)c1cnn2ccccc12. The number of anilines is 1. The van der Waals surface area contributed by atoms with Crippen molar-refractivity contribution in [3.05, 3.63) is 59.9 Å². The van der Waals surface area contributed by atoms with Crippen molar-refractivity contribution in [1.82, 2.24) is 29.8 Å². The Bertz CT molecular complexity index is 1220. The summed E-state index contributed by atoms with van der Waals surface area (Å²) in [5, 5.41) is 20.1. The molecule has 0 radical (unpaired) electrons. The smallest absolute Gasteiger partial charge is 0.259 e. The highest BCUT2D eigenvalue weighted by atomic mass is 16.5. The minimum Gasteiger partial charge on any atom is -0.376 e. The van der Waals surface area contributed by atoms with Gasteiger partial charge in [0, 0.05) is 24.1 Å². The number of fused-ring (bicyclic) bond motifs is 1. The molecule has 0 saturated carbocycles. The highest BCUT2D eigenvalue weighted by Crippen LogP contribution is 2.24. The lowest BCUT2D eigenvalue weighted by Crippen LogP contribution is -2.25. The molecule has 1 aliphatic rings. The van der Waals surface area contributed by atoms with E-state index >= 15 is 0 Å². The molecule has 1 aliphatic heterocycles. The van der Waals surface area contributed by atoms with Crippen molar-refractivity contribution < 1.29 is 9.53 Å². The highest BCUT2D eigenvalue weighted by Gasteiger charge is 2.18. The van der Waals surface area contributed by atoms with E-state index in [0.717, 1.165) is 36.1 Å². The molecule has 1 amide bonds. The number of tetrazole rings is 1. The van der Waals surface area contributed by atoms with Crippen molar-refractivity contribution in [2.24, 2.45) is 0 Å². The van der Waals surface area contributed by atoms with Crippen LogP contribution in [0.2, 0.25) is 0 Å². The van der Waals surface area contributed by atoms with Gasteiger partial charge in [-0.1, -0.05) is 18.2 Å². The highest BCUT2D eigenvalue weighted by molar-refractivity contribution is 6.09. The fourth-order valence-corrected chi connectivity index (χ4v) is 3.76. The Morgan fingerprint density at radius 1 is 1.26 bits per heavy atom. The van der Waals surface area contributed by atoms with Gasteiger partial charge in [-0.3, -0.25) is 4.79 Å². The van der Waals surface area contributed by atoms with Crippen molar-refractivity contribution in [3.8, 4) is 11.4 Å². The molecule has 1 saturated heterocycles. The number of carbonyl (C=O) groups is 1. The van der Waals surface area contributed by atoms with Crippen LogP contribution in [0.25, 0.3) is 16.9 Å². The molecule has 0 bridgehead atoms. The molecular formula is C22H23N7O2. The summed E-state index contributed by atoms with van der Waals surface area (Å²) in [5.74, 6) is 0.301. The average Bonchev–Trinajstić information content (AvgIpc) is 3.43. The summed E-state index contributed by atoms with van der Waals surface area (Å²) in [4.78, 5) is 14.5. The standard InChI is InChI=1S/C22H23N7O2/c1-15-8-9-16(21-25-27-29(26-21)14-17-6-3-5-11-31-17)12-19(15)24-22(30)18-13-23-28-10-4-2-7-20(18)28/h2,4,7-10,12-13,17H,3,5-6,11,14H2,1H3,(H,24,30)/t17-/m1/s1. The number of nitrogens with zero attached hydrogens (tertiary/aromatic N) is 6. The van der Waals surface area contributed by atoms with Crippen LogP contribution in [0, 0.1) is 6.92 Å². The summed E-state index contributed by atoms with van der Waals surface area (Å²) in [6, 6.07) is 11.4. The van der Waals surface area contributed by atoms with Gasteiger partial charge in [-0.25, -0.2) is 4.52 Å². The van der Waals surface area contributed by atoms with Crippen LogP contribution < -0.4 is 5.32 Å². The lowest BCUT2D eigenvalue weighted by molar-refractivity contribution is 0.00133. The molecule has 9 nitrogen and oxygen atoms in total. The van der Waals surface area contributed by atoms with E-state index in [4.69, 9.17) is 4.74 Å². The van der Waals surface area contributed by atoms with E-state index in [0.29, 0.717) is 23.6 Å². The Balaban J connectivity index is 1.35. The minimum absolute atomic E-state index is 0.134. The van der Waals surface area contributed by atoms with Crippen molar-refractivity contribution in [2.75, 3.05) is 11.9 Å². The number of carbonyl (C=O) groups excluding carboxylic acids is 1. The van der Waals surface area contributed by atoms with E-state index in [1.807, 2.05) is 49.5 Å². The quantitative estimate of drug-likeness (QED) is 0.536. The number of hydrogen-bond acceptors (Lipinski definition) is 6. The summed E-state index contributed by atoms with van der Waals surface area (Å²) in [6.45, 7) is 3.33. The second kappa shape index (κ2) is 8.27. The van der Waals surface area contributed by atoms with Crippen LogP contribution in [0.1, 0.15) is 35.2 Å². The molecule has 0 spiro atoms. The molecule has 0 unspecified atom stereocenters. The summed E-state index contributed by atoms with van der Waals surface area (Å²) in [5.41, 5.74) is 3.70. The second-order valence-electron chi connectivity index (χ2n) is 7.73. The minimum atomic E-state index is -0.215. The van der Waals surface area contributed by atoms with Crippen LogP contribution in [0.4, 0.5) is 5.69 Å². The molecule has 1 fully saturated rings. The maximum atomic E-state index is 12.9. The molecule has 4 heterocycles. The van der Waals surface area contributed by atoms with Gasteiger partial charge in [0.1, 0.15) is 0 Å². The zero-order valence-corrected chi connectivity index (χ0v) is 17.2. The number of hydrogen-bond donors (Lipinski definition) is 1. The Morgan fingerprint density at radius 2 is 2.19 bits per heavy atom. The van der Waals surface area contributed by atoms with Crippen molar-refractivity contribution in [3.63, 3.8) is 0 Å². The van der Waals surface area contributed by atoms with E-state index in [9.17, 15) is 4.79 Å². The summed E-state index contributed by atoms with van der Waals surface area (Å²) < 4.78 is 7.44. The maximum absolute atomic E-state index is 12.9. The summed E-state index contributed by atoms with van der Waals surface area (Å²) in [6.07, 6.45) is 6.81. The van der Waals surface area contributed by atoms with Gasteiger partial charge >= 0.3 is 0 Å². The van der Waals surface area contributed by atoms with E-state index in [2.05, 4.69) is 25.8 Å².